The molecular formula is C21H17FN2O3. The molecule has 0 bridgehead atoms. The second-order valence-electron chi connectivity index (χ2n) is 5.98. The maximum absolute atomic E-state index is 14.4. The number of esters is 1. The van der Waals surface area contributed by atoms with Crippen LogP contribution < -0.4 is 5.73 Å². The van der Waals surface area contributed by atoms with E-state index < -0.39 is 17.7 Å². The first-order valence-corrected chi connectivity index (χ1v) is 8.26. The molecule has 1 atom stereocenters. The molecular weight excluding hydrogens is 347 g/mol. The van der Waals surface area contributed by atoms with Gasteiger partial charge in [-0.1, -0.05) is 48.5 Å². The summed E-state index contributed by atoms with van der Waals surface area (Å²) in [5, 5.41) is 9.55. The van der Waals surface area contributed by atoms with Crippen molar-refractivity contribution in [2.45, 2.75) is 19.4 Å². The molecule has 1 unspecified atom stereocenters. The van der Waals surface area contributed by atoms with Crippen LogP contribution in [0.25, 0.3) is 0 Å². The van der Waals surface area contributed by atoms with E-state index >= 15 is 0 Å². The Hall–Kier alpha value is -3.59. The van der Waals surface area contributed by atoms with Gasteiger partial charge in [-0.15, -0.1) is 0 Å². The maximum Gasteiger partial charge on any atom is 0.340 e. The van der Waals surface area contributed by atoms with Crippen molar-refractivity contribution in [2.75, 3.05) is 0 Å². The lowest BCUT2D eigenvalue weighted by atomic mass is 9.83. The zero-order valence-electron chi connectivity index (χ0n) is 14.6. The second kappa shape index (κ2) is 7.75. The van der Waals surface area contributed by atoms with Gasteiger partial charge in [0.05, 0.1) is 17.6 Å². The Morgan fingerprint density at radius 2 is 1.89 bits per heavy atom. The first-order valence-electron chi connectivity index (χ1n) is 8.26. The summed E-state index contributed by atoms with van der Waals surface area (Å²) in [6.07, 6.45) is 0. The van der Waals surface area contributed by atoms with Crippen LogP contribution in [-0.2, 0) is 20.9 Å². The van der Waals surface area contributed by atoms with E-state index in [1.165, 1.54) is 18.2 Å². The molecule has 0 amide bonds. The summed E-state index contributed by atoms with van der Waals surface area (Å²) in [6.45, 7) is 1.57. The van der Waals surface area contributed by atoms with Crippen molar-refractivity contribution in [3.63, 3.8) is 0 Å². The quantitative estimate of drug-likeness (QED) is 0.837. The number of nitriles is 1. The van der Waals surface area contributed by atoms with E-state index in [0.29, 0.717) is 0 Å². The number of halogens is 1. The van der Waals surface area contributed by atoms with Crippen LogP contribution in [0.1, 0.15) is 24.0 Å². The van der Waals surface area contributed by atoms with E-state index in [-0.39, 0.29) is 35.0 Å². The Morgan fingerprint density at radius 3 is 2.56 bits per heavy atom. The summed E-state index contributed by atoms with van der Waals surface area (Å²) >= 11 is 0. The third kappa shape index (κ3) is 3.67. The highest BCUT2D eigenvalue weighted by atomic mass is 19.1. The van der Waals surface area contributed by atoms with Crippen LogP contribution in [0.3, 0.4) is 0 Å². The minimum Gasteiger partial charge on any atom is -0.457 e. The third-order valence-electron chi connectivity index (χ3n) is 4.25. The van der Waals surface area contributed by atoms with Gasteiger partial charge in [-0.2, -0.15) is 5.26 Å². The van der Waals surface area contributed by atoms with Crippen molar-refractivity contribution in [2.24, 2.45) is 5.73 Å². The highest BCUT2D eigenvalue weighted by molar-refractivity contribution is 5.92. The average molecular weight is 364 g/mol. The Balaban J connectivity index is 1.98. The molecule has 1 aliphatic rings. The molecule has 6 heteroatoms. The molecule has 0 aliphatic carbocycles. The van der Waals surface area contributed by atoms with Crippen molar-refractivity contribution in [3.8, 4) is 6.07 Å². The van der Waals surface area contributed by atoms with E-state index in [9.17, 15) is 14.4 Å². The van der Waals surface area contributed by atoms with Gasteiger partial charge in [0.25, 0.3) is 0 Å². The molecule has 2 aromatic rings. The number of carbonyl (C=O) groups is 1. The summed E-state index contributed by atoms with van der Waals surface area (Å²) in [7, 11) is 0. The van der Waals surface area contributed by atoms with Crippen molar-refractivity contribution in [1.82, 2.24) is 0 Å². The van der Waals surface area contributed by atoms with Gasteiger partial charge in [-0.3, -0.25) is 0 Å². The van der Waals surface area contributed by atoms with Gasteiger partial charge in [0.2, 0.25) is 5.88 Å². The molecule has 1 heterocycles. The van der Waals surface area contributed by atoms with Crippen molar-refractivity contribution in [3.05, 3.63) is 94.3 Å². The third-order valence-corrected chi connectivity index (χ3v) is 4.25. The minimum atomic E-state index is -0.992. The second-order valence-corrected chi connectivity index (χ2v) is 5.98. The normalized spacial score (nSPS) is 16.6. The SMILES string of the molecule is CC1=C(C#N)C(c2ccccc2F)C(C(=O)OCc2ccccc2)=C(N)O1. The van der Waals surface area contributed by atoms with Crippen LogP contribution in [0.4, 0.5) is 4.39 Å². The molecule has 3 rings (SSSR count). The predicted octanol–water partition coefficient (Wildman–Crippen LogP) is 3.65. The highest BCUT2D eigenvalue weighted by Crippen LogP contribution is 2.40. The molecule has 0 saturated carbocycles. The first kappa shape index (κ1) is 18.2. The number of ether oxygens (including phenoxy) is 2. The Kier molecular flexibility index (Phi) is 5.23. The largest absolute Gasteiger partial charge is 0.457 e. The Labute approximate surface area is 156 Å². The molecule has 27 heavy (non-hydrogen) atoms. The molecule has 2 N–H and O–H groups in total. The van der Waals surface area contributed by atoms with Crippen LogP contribution >= 0.6 is 0 Å². The monoisotopic (exact) mass is 364 g/mol. The van der Waals surface area contributed by atoms with Gasteiger partial charge >= 0.3 is 5.97 Å². The summed E-state index contributed by atoms with van der Waals surface area (Å²) in [6, 6.07) is 17.0. The fourth-order valence-corrected chi connectivity index (χ4v) is 2.95. The van der Waals surface area contributed by atoms with E-state index in [1.807, 2.05) is 36.4 Å². The molecule has 0 radical (unpaired) electrons. The van der Waals surface area contributed by atoms with Crippen molar-refractivity contribution >= 4 is 5.97 Å². The van der Waals surface area contributed by atoms with Crippen molar-refractivity contribution in [1.29, 1.82) is 5.26 Å². The smallest absolute Gasteiger partial charge is 0.340 e. The van der Waals surface area contributed by atoms with Gasteiger partial charge in [0.1, 0.15) is 23.8 Å². The summed E-state index contributed by atoms with van der Waals surface area (Å²) < 4.78 is 25.1. The number of hydrogen-bond acceptors (Lipinski definition) is 5. The van der Waals surface area contributed by atoms with E-state index in [2.05, 4.69) is 0 Å². The fraction of sp³-hybridized carbons (Fsp3) is 0.143. The summed E-state index contributed by atoms with van der Waals surface area (Å²) in [5.74, 6) is -2.27. The lowest BCUT2D eigenvalue weighted by Gasteiger charge is -2.27. The van der Waals surface area contributed by atoms with E-state index in [1.54, 1.807) is 13.0 Å². The lowest BCUT2D eigenvalue weighted by molar-refractivity contribution is -0.140. The number of nitrogens with zero attached hydrogens (tertiary/aromatic N) is 1. The van der Waals surface area contributed by atoms with Gasteiger partial charge in [-0.25, -0.2) is 9.18 Å². The molecule has 2 aromatic carbocycles. The van der Waals surface area contributed by atoms with Gasteiger partial charge in [-0.05, 0) is 18.6 Å². The molecule has 0 spiro atoms. The number of rotatable bonds is 4. The standard InChI is InChI=1S/C21H17FN2O3/c1-13-16(11-23)18(15-9-5-6-10-17(15)22)19(20(24)27-13)21(25)26-12-14-7-3-2-4-8-14/h2-10,18H,12,24H2,1H3. The minimum absolute atomic E-state index is 0.0189. The number of allylic oxidation sites excluding steroid dienone is 2. The van der Waals surface area contributed by atoms with Crippen LogP contribution in [0.15, 0.2) is 77.4 Å². The molecule has 136 valence electrons. The van der Waals surface area contributed by atoms with E-state index in [0.717, 1.165) is 5.56 Å². The zero-order valence-corrected chi connectivity index (χ0v) is 14.6. The van der Waals surface area contributed by atoms with Crippen LogP contribution in [0.2, 0.25) is 0 Å². The van der Waals surface area contributed by atoms with Crippen molar-refractivity contribution < 1.29 is 18.7 Å². The maximum atomic E-state index is 14.4. The molecule has 0 aromatic heterocycles. The average Bonchev–Trinajstić information content (AvgIpc) is 2.67. The van der Waals surface area contributed by atoms with E-state index in [4.69, 9.17) is 15.2 Å². The zero-order chi connectivity index (χ0) is 19.4. The van der Waals surface area contributed by atoms with Gasteiger partial charge in [0, 0.05) is 5.56 Å². The Bertz CT molecular complexity index is 974. The highest BCUT2D eigenvalue weighted by Gasteiger charge is 2.37. The molecule has 5 nitrogen and oxygen atoms in total. The fourth-order valence-electron chi connectivity index (χ4n) is 2.95. The summed E-state index contributed by atoms with van der Waals surface area (Å²) in [4.78, 5) is 12.8. The van der Waals surface area contributed by atoms with Crippen LogP contribution in [0.5, 0.6) is 0 Å². The topological polar surface area (TPSA) is 85.3 Å². The predicted molar refractivity (Wildman–Crippen MR) is 96.0 cm³/mol. The number of hydrogen-bond donors (Lipinski definition) is 1. The molecule has 1 aliphatic heterocycles. The van der Waals surface area contributed by atoms with Crippen LogP contribution in [0, 0.1) is 17.1 Å². The van der Waals surface area contributed by atoms with Gasteiger partial charge < -0.3 is 15.2 Å². The number of benzene rings is 2. The summed E-state index contributed by atoms with van der Waals surface area (Å²) in [5.41, 5.74) is 6.90. The lowest BCUT2D eigenvalue weighted by Crippen LogP contribution is -2.26. The molecule has 0 saturated heterocycles. The number of carbonyl (C=O) groups excluding carboxylic acids is 1. The Morgan fingerprint density at radius 1 is 1.22 bits per heavy atom. The molecule has 0 fully saturated rings. The van der Waals surface area contributed by atoms with Gasteiger partial charge in [0.15, 0.2) is 0 Å². The number of nitrogens with two attached hydrogens (primary N) is 1. The first-order chi connectivity index (χ1) is 13.0. The van der Waals surface area contributed by atoms with Crippen LogP contribution in [-0.4, -0.2) is 5.97 Å².